The molecule has 4 rings (SSSR count). The maximum Gasteiger partial charge on any atom is 0.573 e. The first-order chi connectivity index (χ1) is 13.3. The van der Waals surface area contributed by atoms with Crippen LogP contribution in [0.1, 0.15) is 18.4 Å². The molecular formula is C17H16F3N3O5. The summed E-state index contributed by atoms with van der Waals surface area (Å²) < 4.78 is 53.9. The molecule has 0 amide bonds. The van der Waals surface area contributed by atoms with Gasteiger partial charge in [-0.3, -0.25) is 4.57 Å². The van der Waals surface area contributed by atoms with Crippen LogP contribution in [0.5, 0.6) is 11.8 Å². The predicted octanol–water partition coefficient (Wildman–Crippen LogP) is 3.24. The largest absolute Gasteiger partial charge is 0.573 e. The molecule has 1 aromatic carbocycles. The van der Waals surface area contributed by atoms with Crippen molar-refractivity contribution >= 4 is 5.82 Å². The summed E-state index contributed by atoms with van der Waals surface area (Å²) in [6, 6.07) is 5.91. The minimum Gasteiger partial charge on any atom is -0.440 e. The number of nitro groups is 1. The van der Waals surface area contributed by atoms with Crippen molar-refractivity contribution in [2.24, 2.45) is 0 Å². The Hall–Kier alpha value is -2.82. The van der Waals surface area contributed by atoms with Crippen molar-refractivity contribution in [2.75, 3.05) is 0 Å². The first-order valence-electron chi connectivity index (χ1n) is 8.65. The van der Waals surface area contributed by atoms with E-state index in [0.29, 0.717) is 25.8 Å². The topological polar surface area (TPSA) is 88.7 Å². The third-order valence-corrected chi connectivity index (χ3v) is 4.72. The van der Waals surface area contributed by atoms with Crippen molar-refractivity contribution in [3.05, 3.63) is 46.1 Å². The van der Waals surface area contributed by atoms with Gasteiger partial charge < -0.3 is 24.3 Å². The lowest BCUT2D eigenvalue weighted by Gasteiger charge is -2.38. The van der Waals surface area contributed by atoms with Gasteiger partial charge >= 0.3 is 18.2 Å². The van der Waals surface area contributed by atoms with Gasteiger partial charge in [0.2, 0.25) is 0 Å². The normalized spacial score (nSPS) is 24.0. The van der Waals surface area contributed by atoms with Gasteiger partial charge in [-0.05, 0) is 41.9 Å². The molecule has 0 saturated carbocycles. The summed E-state index contributed by atoms with van der Waals surface area (Å²) in [6.07, 6.45) is -2.09. The van der Waals surface area contributed by atoms with Crippen molar-refractivity contribution in [3.8, 4) is 11.8 Å². The Labute approximate surface area is 157 Å². The lowest BCUT2D eigenvalue weighted by atomic mass is 9.96. The Bertz CT molecular complexity index is 868. The molecule has 1 fully saturated rings. The molecule has 1 saturated heterocycles. The Morgan fingerprint density at radius 1 is 1.25 bits per heavy atom. The number of nitrogens with zero attached hydrogens (tertiary/aromatic N) is 3. The molecule has 11 heteroatoms. The second-order valence-electron chi connectivity index (χ2n) is 6.72. The van der Waals surface area contributed by atoms with Crippen LogP contribution in [0.2, 0.25) is 0 Å². The van der Waals surface area contributed by atoms with Gasteiger partial charge in [0.25, 0.3) is 0 Å². The third kappa shape index (κ3) is 4.03. The number of imidazole rings is 1. The standard InChI is InChI=1S/C17H16F3N3O5/c18-17(19,20)28-11-3-1-10(2-4-11)7-12-5-6-13-14(26-12)8-22-9-15(23(24)25)21-16(22)27-13/h1-4,9,12-14H,5-8H2. The SMILES string of the molecule is O=[N+]([O-])c1cn2c(n1)OC1CCC(Cc3ccc(OC(F)(F)F)cc3)OC1C2. The number of benzene rings is 1. The summed E-state index contributed by atoms with van der Waals surface area (Å²) >= 11 is 0. The van der Waals surface area contributed by atoms with Crippen LogP contribution in [0, 0.1) is 10.1 Å². The van der Waals surface area contributed by atoms with Crippen molar-refractivity contribution in [1.29, 1.82) is 0 Å². The first-order valence-corrected chi connectivity index (χ1v) is 8.65. The molecule has 3 unspecified atom stereocenters. The molecule has 0 N–H and O–H groups in total. The highest BCUT2D eigenvalue weighted by atomic mass is 19.4. The Balaban J connectivity index is 1.38. The van der Waals surface area contributed by atoms with Crippen molar-refractivity contribution in [1.82, 2.24) is 9.55 Å². The fourth-order valence-corrected chi connectivity index (χ4v) is 3.50. The Morgan fingerprint density at radius 2 is 2.00 bits per heavy atom. The molecule has 0 spiro atoms. The van der Waals surface area contributed by atoms with Gasteiger partial charge in [0, 0.05) is 4.98 Å². The summed E-state index contributed by atoms with van der Waals surface area (Å²) in [5.41, 5.74) is 0.827. The Morgan fingerprint density at radius 3 is 2.68 bits per heavy atom. The van der Waals surface area contributed by atoms with E-state index in [4.69, 9.17) is 9.47 Å². The van der Waals surface area contributed by atoms with Crippen LogP contribution in [-0.2, 0) is 17.7 Å². The van der Waals surface area contributed by atoms with Crippen molar-refractivity contribution < 1.29 is 32.3 Å². The number of hydrogen-bond donors (Lipinski definition) is 0. The van der Waals surface area contributed by atoms with E-state index in [1.54, 1.807) is 16.7 Å². The van der Waals surface area contributed by atoms with Gasteiger partial charge in [-0.25, -0.2) is 0 Å². The smallest absolute Gasteiger partial charge is 0.440 e. The summed E-state index contributed by atoms with van der Waals surface area (Å²) in [7, 11) is 0. The molecule has 2 aliphatic rings. The van der Waals surface area contributed by atoms with E-state index in [-0.39, 0.29) is 35.9 Å². The molecule has 1 aromatic heterocycles. The molecule has 8 nitrogen and oxygen atoms in total. The molecule has 0 bridgehead atoms. The van der Waals surface area contributed by atoms with Gasteiger partial charge in [-0.15, -0.1) is 13.2 Å². The van der Waals surface area contributed by atoms with Crippen LogP contribution >= 0.6 is 0 Å². The van der Waals surface area contributed by atoms with Crippen molar-refractivity contribution in [2.45, 2.75) is 50.5 Å². The van der Waals surface area contributed by atoms with Crippen molar-refractivity contribution in [3.63, 3.8) is 0 Å². The van der Waals surface area contributed by atoms with Crippen LogP contribution in [0.15, 0.2) is 30.5 Å². The van der Waals surface area contributed by atoms with E-state index >= 15 is 0 Å². The zero-order valence-corrected chi connectivity index (χ0v) is 14.5. The monoisotopic (exact) mass is 399 g/mol. The van der Waals surface area contributed by atoms with E-state index < -0.39 is 11.3 Å². The number of fused-ring (bicyclic) bond motifs is 2. The van der Waals surface area contributed by atoms with Gasteiger partial charge in [0.1, 0.15) is 24.2 Å². The first kappa shape index (κ1) is 18.5. The molecule has 0 radical (unpaired) electrons. The average Bonchev–Trinajstić information content (AvgIpc) is 3.03. The number of rotatable bonds is 4. The molecule has 28 heavy (non-hydrogen) atoms. The minimum absolute atomic E-state index is 0.126. The lowest BCUT2D eigenvalue weighted by molar-refractivity contribution is -0.389. The molecule has 3 heterocycles. The number of alkyl halides is 3. The van der Waals surface area contributed by atoms with E-state index in [2.05, 4.69) is 9.72 Å². The quantitative estimate of drug-likeness (QED) is 0.579. The zero-order valence-electron chi connectivity index (χ0n) is 14.5. The zero-order chi connectivity index (χ0) is 19.9. The van der Waals surface area contributed by atoms with Gasteiger partial charge in [0.05, 0.1) is 12.6 Å². The maximum atomic E-state index is 12.2. The van der Waals surface area contributed by atoms with Crippen LogP contribution in [0.3, 0.4) is 0 Å². The predicted molar refractivity (Wildman–Crippen MR) is 88.0 cm³/mol. The van der Waals surface area contributed by atoms with Gasteiger partial charge in [-0.2, -0.15) is 0 Å². The number of aromatic nitrogens is 2. The third-order valence-electron chi connectivity index (χ3n) is 4.72. The molecule has 2 aromatic rings. The molecule has 150 valence electrons. The Kier molecular flexibility index (Phi) is 4.61. The van der Waals surface area contributed by atoms with E-state index in [1.165, 1.54) is 18.3 Å². The van der Waals surface area contributed by atoms with Crippen LogP contribution in [0.4, 0.5) is 19.0 Å². The van der Waals surface area contributed by atoms with Crippen LogP contribution < -0.4 is 9.47 Å². The van der Waals surface area contributed by atoms with E-state index in [9.17, 15) is 23.3 Å². The molecule has 3 atom stereocenters. The molecular weight excluding hydrogens is 383 g/mol. The summed E-state index contributed by atoms with van der Waals surface area (Å²) in [4.78, 5) is 14.1. The summed E-state index contributed by atoms with van der Waals surface area (Å²) in [6.45, 7) is 0.399. The van der Waals surface area contributed by atoms with Crippen LogP contribution in [-0.4, -0.2) is 39.1 Å². The number of halogens is 3. The van der Waals surface area contributed by atoms with Gasteiger partial charge in [-0.1, -0.05) is 12.1 Å². The van der Waals surface area contributed by atoms with E-state index in [0.717, 1.165) is 5.56 Å². The highest BCUT2D eigenvalue weighted by Gasteiger charge is 2.40. The maximum absolute atomic E-state index is 12.2. The van der Waals surface area contributed by atoms with Gasteiger partial charge in [0.15, 0.2) is 0 Å². The van der Waals surface area contributed by atoms with Crippen LogP contribution in [0.25, 0.3) is 0 Å². The summed E-state index contributed by atoms with van der Waals surface area (Å²) in [5, 5.41) is 10.9. The summed E-state index contributed by atoms with van der Waals surface area (Å²) in [5.74, 6) is -0.540. The fraction of sp³-hybridized carbons (Fsp3) is 0.471. The lowest BCUT2D eigenvalue weighted by Crippen LogP contribution is -2.48. The second-order valence-corrected chi connectivity index (χ2v) is 6.72. The number of hydrogen-bond acceptors (Lipinski definition) is 6. The fourth-order valence-electron chi connectivity index (χ4n) is 3.50. The second kappa shape index (κ2) is 6.97. The molecule has 0 aliphatic carbocycles. The number of ether oxygens (including phenoxy) is 3. The average molecular weight is 399 g/mol. The van der Waals surface area contributed by atoms with E-state index in [1.807, 2.05) is 0 Å². The minimum atomic E-state index is -4.72. The highest BCUT2D eigenvalue weighted by Crippen LogP contribution is 2.33. The molecule has 2 aliphatic heterocycles. The highest BCUT2D eigenvalue weighted by molar-refractivity contribution is 5.28.